The fourth-order valence-electron chi connectivity index (χ4n) is 4.44. The molecule has 2 aliphatic carbocycles. The Bertz CT molecular complexity index is 509. The van der Waals surface area contributed by atoms with Gasteiger partial charge in [0.15, 0.2) is 0 Å². The molecule has 154 valence electrons. The molecule has 0 radical (unpaired) electrons. The van der Waals surface area contributed by atoms with Gasteiger partial charge in [-0.05, 0) is 69.1 Å². The Morgan fingerprint density at radius 3 is 2.63 bits per heavy atom. The van der Waals surface area contributed by atoms with Crippen LogP contribution in [0.25, 0.3) is 0 Å². The summed E-state index contributed by atoms with van der Waals surface area (Å²) >= 11 is 0. The minimum absolute atomic E-state index is 0.193. The van der Waals surface area contributed by atoms with Crippen LogP contribution < -0.4 is 0 Å². The molecule has 0 aliphatic heterocycles. The topological polar surface area (TPSA) is 77.8 Å². The van der Waals surface area contributed by atoms with E-state index in [2.05, 4.69) is 25.2 Å². The lowest BCUT2D eigenvalue weighted by Crippen LogP contribution is -2.30. The predicted molar refractivity (Wildman–Crippen MR) is 108 cm³/mol. The third-order valence-corrected chi connectivity index (χ3v) is 6.30. The number of carbonyl (C=O) groups is 1. The van der Waals surface area contributed by atoms with E-state index in [-0.39, 0.29) is 6.42 Å². The third-order valence-electron chi connectivity index (χ3n) is 6.30. The number of aliphatic hydroxyl groups is 2. The van der Waals surface area contributed by atoms with E-state index in [0.29, 0.717) is 24.2 Å². The normalized spacial score (nSPS) is 26.6. The first-order chi connectivity index (χ1) is 12.9. The summed E-state index contributed by atoms with van der Waals surface area (Å²) in [4.78, 5) is 10.6. The van der Waals surface area contributed by atoms with Crippen LogP contribution in [0.2, 0.25) is 0 Å². The number of carboxylic acids is 1. The number of unbranched alkanes of at least 4 members (excludes halogenated alkanes) is 1. The van der Waals surface area contributed by atoms with E-state index in [1.54, 1.807) is 0 Å². The van der Waals surface area contributed by atoms with Gasteiger partial charge in [0, 0.05) is 0 Å². The second-order valence-corrected chi connectivity index (χ2v) is 8.66. The first kappa shape index (κ1) is 22.2. The van der Waals surface area contributed by atoms with Crippen LogP contribution in [-0.2, 0) is 4.79 Å². The van der Waals surface area contributed by atoms with Crippen molar-refractivity contribution < 1.29 is 20.1 Å². The van der Waals surface area contributed by atoms with Crippen molar-refractivity contribution in [3.8, 4) is 0 Å². The fraction of sp³-hybridized carbons (Fsp3) is 0.783. The molecule has 0 heterocycles. The van der Waals surface area contributed by atoms with Crippen LogP contribution in [0.15, 0.2) is 24.3 Å². The van der Waals surface area contributed by atoms with Gasteiger partial charge in [-0.15, -0.1) is 0 Å². The maximum Gasteiger partial charge on any atom is 0.305 e. The Kier molecular flexibility index (Phi) is 9.04. The summed E-state index contributed by atoms with van der Waals surface area (Å²) in [7, 11) is 0. The summed E-state index contributed by atoms with van der Waals surface area (Å²) in [6.45, 7) is 2.18. The third kappa shape index (κ3) is 7.79. The molecular formula is C23H38O4. The van der Waals surface area contributed by atoms with Crippen molar-refractivity contribution in [3.05, 3.63) is 24.3 Å². The van der Waals surface area contributed by atoms with Crippen LogP contribution >= 0.6 is 0 Å². The van der Waals surface area contributed by atoms with Gasteiger partial charge >= 0.3 is 5.97 Å². The zero-order chi connectivity index (χ0) is 19.7. The number of carboxylic acid groups (broad SMARTS) is 1. The summed E-state index contributed by atoms with van der Waals surface area (Å²) < 4.78 is 0. The first-order valence-electron chi connectivity index (χ1n) is 10.9. The molecule has 3 N–H and O–H groups in total. The number of aliphatic hydroxyl groups excluding tert-OH is 1. The quantitative estimate of drug-likeness (QED) is 0.400. The Balaban J connectivity index is 1.76. The van der Waals surface area contributed by atoms with E-state index < -0.39 is 17.7 Å². The summed E-state index contributed by atoms with van der Waals surface area (Å²) in [5.41, 5.74) is -0.485. The summed E-state index contributed by atoms with van der Waals surface area (Å²) in [5.74, 6) is 0.752. The summed E-state index contributed by atoms with van der Waals surface area (Å²) in [6, 6.07) is 0. The number of aliphatic carboxylic acids is 1. The summed E-state index contributed by atoms with van der Waals surface area (Å²) in [6.07, 6.45) is 19.0. The maximum atomic E-state index is 11.0. The van der Waals surface area contributed by atoms with Crippen molar-refractivity contribution in [3.63, 3.8) is 0 Å². The van der Waals surface area contributed by atoms with Crippen molar-refractivity contribution in [1.29, 1.82) is 0 Å². The molecule has 0 bridgehead atoms. The molecule has 2 saturated carbocycles. The zero-order valence-corrected chi connectivity index (χ0v) is 16.9. The number of hydrogen-bond acceptors (Lipinski definition) is 3. The molecule has 0 saturated heterocycles. The van der Waals surface area contributed by atoms with Crippen LogP contribution in [0.1, 0.15) is 84.0 Å². The lowest BCUT2D eigenvalue weighted by Gasteiger charge is -2.27. The van der Waals surface area contributed by atoms with Crippen LogP contribution in [0.4, 0.5) is 0 Å². The molecule has 4 atom stereocenters. The van der Waals surface area contributed by atoms with E-state index in [1.807, 2.05) is 6.08 Å². The molecule has 2 rings (SSSR count). The summed E-state index contributed by atoms with van der Waals surface area (Å²) in [5, 5.41) is 29.2. The molecule has 2 unspecified atom stereocenters. The second-order valence-electron chi connectivity index (χ2n) is 8.66. The standard InChI is InChI=1S/C23H38O4/c1-2-3-15-23(27,20-13-14-20)16-7-11-19-10-6-9-18(19)8-4-5-12-21(24)17-22(25)26/h4-5,7,11,18-21,24,27H,2-3,6,8-10,12-17H2,1H3,(H,25,26)/t18-,19+,21?,23?/m0/s1. The smallest absolute Gasteiger partial charge is 0.305 e. The van der Waals surface area contributed by atoms with E-state index in [0.717, 1.165) is 32.1 Å². The van der Waals surface area contributed by atoms with Gasteiger partial charge in [0.25, 0.3) is 0 Å². The highest BCUT2D eigenvalue weighted by atomic mass is 16.4. The highest BCUT2D eigenvalue weighted by Crippen LogP contribution is 2.45. The zero-order valence-electron chi connectivity index (χ0n) is 16.9. The van der Waals surface area contributed by atoms with Crippen molar-refractivity contribution >= 4 is 5.97 Å². The van der Waals surface area contributed by atoms with Gasteiger partial charge in [-0.2, -0.15) is 0 Å². The van der Waals surface area contributed by atoms with Gasteiger partial charge in [0.05, 0.1) is 18.1 Å². The number of rotatable bonds is 13. The Labute approximate surface area is 164 Å². The SMILES string of the molecule is CCCCC(O)(CC=C[C@H]1CCC[C@@H]1CC=CCC(O)CC(=O)O)C1CC1. The fourth-order valence-corrected chi connectivity index (χ4v) is 4.44. The van der Waals surface area contributed by atoms with Gasteiger partial charge in [-0.25, -0.2) is 0 Å². The van der Waals surface area contributed by atoms with Gasteiger partial charge in [0.2, 0.25) is 0 Å². The maximum absolute atomic E-state index is 11.0. The highest BCUT2D eigenvalue weighted by Gasteiger charge is 2.42. The number of allylic oxidation sites excluding steroid dienone is 2. The average Bonchev–Trinajstić information content (AvgIpc) is 3.38. The predicted octanol–water partition coefficient (Wildman–Crippen LogP) is 4.85. The molecule has 0 spiro atoms. The lowest BCUT2D eigenvalue weighted by atomic mass is 9.86. The molecule has 27 heavy (non-hydrogen) atoms. The molecule has 0 aromatic rings. The van der Waals surface area contributed by atoms with E-state index >= 15 is 0 Å². The monoisotopic (exact) mass is 378 g/mol. The van der Waals surface area contributed by atoms with Crippen LogP contribution in [0.5, 0.6) is 0 Å². The van der Waals surface area contributed by atoms with Crippen LogP contribution in [0.3, 0.4) is 0 Å². The lowest BCUT2D eigenvalue weighted by molar-refractivity contribution is -0.139. The first-order valence-corrected chi connectivity index (χ1v) is 10.9. The van der Waals surface area contributed by atoms with E-state index in [1.165, 1.54) is 32.1 Å². The van der Waals surface area contributed by atoms with Crippen molar-refractivity contribution in [2.24, 2.45) is 17.8 Å². The van der Waals surface area contributed by atoms with Gasteiger partial charge in [0.1, 0.15) is 0 Å². The molecule has 0 aromatic heterocycles. The van der Waals surface area contributed by atoms with Crippen molar-refractivity contribution in [2.75, 3.05) is 0 Å². The largest absolute Gasteiger partial charge is 0.481 e. The molecule has 2 aliphatic rings. The van der Waals surface area contributed by atoms with Crippen LogP contribution in [-0.4, -0.2) is 33.0 Å². The molecule has 4 heteroatoms. The van der Waals surface area contributed by atoms with E-state index in [4.69, 9.17) is 5.11 Å². The van der Waals surface area contributed by atoms with Crippen molar-refractivity contribution in [1.82, 2.24) is 0 Å². The van der Waals surface area contributed by atoms with Gasteiger partial charge in [-0.1, -0.05) is 50.5 Å². The Morgan fingerprint density at radius 2 is 1.96 bits per heavy atom. The Hall–Kier alpha value is -1.13. The van der Waals surface area contributed by atoms with E-state index in [9.17, 15) is 15.0 Å². The minimum Gasteiger partial charge on any atom is -0.481 e. The number of hydrogen-bond donors (Lipinski definition) is 3. The van der Waals surface area contributed by atoms with Gasteiger partial charge in [-0.3, -0.25) is 4.79 Å². The molecular weight excluding hydrogens is 340 g/mol. The molecule has 2 fully saturated rings. The second kappa shape index (κ2) is 11.0. The molecule has 0 aromatic carbocycles. The van der Waals surface area contributed by atoms with Crippen LogP contribution in [0, 0.1) is 17.8 Å². The highest BCUT2D eigenvalue weighted by molar-refractivity contribution is 5.67. The van der Waals surface area contributed by atoms with Crippen molar-refractivity contribution in [2.45, 2.75) is 95.7 Å². The molecule has 0 amide bonds. The Morgan fingerprint density at radius 1 is 1.19 bits per heavy atom. The average molecular weight is 379 g/mol. The molecule has 4 nitrogen and oxygen atoms in total. The van der Waals surface area contributed by atoms with Gasteiger partial charge < -0.3 is 15.3 Å². The minimum atomic E-state index is -0.956.